The van der Waals surface area contributed by atoms with Crippen LogP contribution in [0.2, 0.25) is 0 Å². The zero-order chi connectivity index (χ0) is 14.2. The molecule has 0 saturated heterocycles. The van der Waals surface area contributed by atoms with Gasteiger partial charge in [-0.3, -0.25) is 5.10 Å². The average Bonchev–Trinajstić information content (AvgIpc) is 3.03. The number of rotatable bonds is 2. The number of H-pyrrole nitrogens is 1. The summed E-state index contributed by atoms with van der Waals surface area (Å²) in [6.45, 7) is 3.51. The molecule has 3 N–H and O–H groups in total. The standard InChI is InChI=1S/C13H13N7S/c1-7-2-3-15-12(17-7)19-13-18-11-8-4-16-20-9(8)5-14-6-10(11)21-13/h2-4,14H,5-6H2,1H3,(H,16,20)(H,15,17,18,19). The Morgan fingerprint density at radius 3 is 3.14 bits per heavy atom. The summed E-state index contributed by atoms with van der Waals surface area (Å²) in [4.78, 5) is 14.4. The van der Waals surface area contributed by atoms with Crippen molar-refractivity contribution in [3.8, 4) is 11.3 Å². The molecule has 0 saturated carbocycles. The zero-order valence-electron chi connectivity index (χ0n) is 11.3. The molecule has 0 unspecified atom stereocenters. The number of thiazole rings is 1. The fourth-order valence-corrected chi connectivity index (χ4v) is 3.23. The van der Waals surface area contributed by atoms with Crippen LogP contribution in [-0.2, 0) is 13.1 Å². The molecule has 1 aliphatic heterocycles. The molecule has 1 aliphatic rings. The number of nitrogens with zero attached hydrogens (tertiary/aromatic N) is 4. The maximum absolute atomic E-state index is 4.68. The summed E-state index contributed by atoms with van der Waals surface area (Å²) in [5, 5.41) is 14.5. The molecule has 0 atom stereocenters. The zero-order valence-corrected chi connectivity index (χ0v) is 12.2. The molecular formula is C13H13N7S. The highest BCUT2D eigenvalue weighted by Crippen LogP contribution is 2.34. The first-order chi connectivity index (χ1) is 10.3. The quantitative estimate of drug-likeness (QED) is 0.670. The molecule has 0 bridgehead atoms. The molecule has 3 aromatic heterocycles. The van der Waals surface area contributed by atoms with Crippen LogP contribution < -0.4 is 10.6 Å². The predicted octanol–water partition coefficient (Wildman–Crippen LogP) is 1.98. The van der Waals surface area contributed by atoms with E-state index < -0.39 is 0 Å². The summed E-state index contributed by atoms with van der Waals surface area (Å²) < 4.78 is 0. The van der Waals surface area contributed by atoms with Gasteiger partial charge < -0.3 is 10.6 Å². The average molecular weight is 299 g/mol. The van der Waals surface area contributed by atoms with Crippen LogP contribution in [0.15, 0.2) is 18.5 Å². The van der Waals surface area contributed by atoms with Gasteiger partial charge in [0.2, 0.25) is 5.95 Å². The molecule has 4 rings (SSSR count). The Kier molecular flexibility index (Phi) is 2.90. The van der Waals surface area contributed by atoms with Crippen molar-refractivity contribution < 1.29 is 0 Å². The molecule has 3 aromatic rings. The van der Waals surface area contributed by atoms with E-state index in [1.165, 1.54) is 4.88 Å². The van der Waals surface area contributed by atoms with Crippen LogP contribution in [-0.4, -0.2) is 25.1 Å². The highest BCUT2D eigenvalue weighted by Gasteiger charge is 2.20. The Morgan fingerprint density at radius 2 is 2.24 bits per heavy atom. The Balaban J connectivity index is 1.70. The van der Waals surface area contributed by atoms with Gasteiger partial charge in [0.1, 0.15) is 0 Å². The lowest BCUT2D eigenvalue weighted by Crippen LogP contribution is -2.10. The largest absolute Gasteiger partial charge is 0.306 e. The smallest absolute Gasteiger partial charge is 0.229 e. The number of hydrogen-bond acceptors (Lipinski definition) is 7. The van der Waals surface area contributed by atoms with Crippen LogP contribution in [0.4, 0.5) is 11.1 Å². The highest BCUT2D eigenvalue weighted by atomic mass is 32.1. The van der Waals surface area contributed by atoms with Gasteiger partial charge >= 0.3 is 0 Å². The second-order valence-corrected chi connectivity index (χ2v) is 5.89. The first-order valence-electron chi connectivity index (χ1n) is 6.59. The van der Waals surface area contributed by atoms with Crippen molar-refractivity contribution in [3.63, 3.8) is 0 Å². The molecule has 0 spiro atoms. The first-order valence-corrected chi connectivity index (χ1v) is 7.41. The lowest BCUT2D eigenvalue weighted by Gasteiger charge is -2.01. The lowest BCUT2D eigenvalue weighted by molar-refractivity contribution is 0.692. The van der Waals surface area contributed by atoms with Crippen LogP contribution in [0.5, 0.6) is 0 Å². The summed E-state index contributed by atoms with van der Waals surface area (Å²) in [5.74, 6) is 0.569. The van der Waals surface area contributed by atoms with Gasteiger partial charge in [-0.2, -0.15) is 5.10 Å². The summed E-state index contributed by atoms with van der Waals surface area (Å²) >= 11 is 1.61. The monoisotopic (exact) mass is 299 g/mol. The molecule has 106 valence electrons. The molecule has 0 aromatic carbocycles. The van der Waals surface area contributed by atoms with Crippen molar-refractivity contribution in [1.82, 2.24) is 30.5 Å². The van der Waals surface area contributed by atoms with Crippen molar-refractivity contribution in [1.29, 1.82) is 0 Å². The summed E-state index contributed by atoms with van der Waals surface area (Å²) in [7, 11) is 0. The Bertz CT molecular complexity index is 791. The van der Waals surface area contributed by atoms with Crippen LogP contribution in [0, 0.1) is 6.92 Å². The van der Waals surface area contributed by atoms with Crippen molar-refractivity contribution in [3.05, 3.63) is 34.7 Å². The Morgan fingerprint density at radius 1 is 1.29 bits per heavy atom. The van der Waals surface area contributed by atoms with Crippen LogP contribution in [0.3, 0.4) is 0 Å². The number of aromatic amines is 1. The Labute approximate surface area is 124 Å². The fourth-order valence-electron chi connectivity index (χ4n) is 2.29. The minimum atomic E-state index is 0.569. The van der Waals surface area contributed by atoms with Gasteiger partial charge in [0.15, 0.2) is 5.13 Å². The second kappa shape index (κ2) is 4.90. The van der Waals surface area contributed by atoms with Gasteiger partial charge in [-0.25, -0.2) is 15.0 Å². The van der Waals surface area contributed by atoms with Crippen molar-refractivity contribution in [2.24, 2.45) is 0 Å². The van der Waals surface area contributed by atoms with E-state index in [4.69, 9.17) is 0 Å². The fraction of sp³-hybridized carbons (Fsp3) is 0.231. The molecule has 0 aliphatic carbocycles. The maximum Gasteiger partial charge on any atom is 0.229 e. The van der Waals surface area contributed by atoms with E-state index >= 15 is 0 Å². The number of hydrogen-bond donors (Lipinski definition) is 3. The molecule has 0 radical (unpaired) electrons. The number of anilines is 2. The number of nitrogens with one attached hydrogen (secondary N) is 3. The van der Waals surface area contributed by atoms with E-state index in [0.717, 1.165) is 40.9 Å². The van der Waals surface area contributed by atoms with E-state index in [-0.39, 0.29) is 0 Å². The molecule has 0 amide bonds. The van der Waals surface area contributed by atoms with Gasteiger partial charge in [-0.15, -0.1) is 0 Å². The van der Waals surface area contributed by atoms with Gasteiger partial charge in [0.05, 0.1) is 17.6 Å². The van der Waals surface area contributed by atoms with Gasteiger partial charge in [0, 0.05) is 35.4 Å². The second-order valence-electron chi connectivity index (χ2n) is 4.80. The summed E-state index contributed by atoms with van der Waals surface area (Å²) in [6, 6.07) is 1.86. The third-order valence-corrected chi connectivity index (χ3v) is 4.24. The third kappa shape index (κ3) is 2.28. The van der Waals surface area contributed by atoms with Crippen LogP contribution in [0.25, 0.3) is 11.3 Å². The minimum Gasteiger partial charge on any atom is -0.306 e. The Hall–Kier alpha value is -2.32. The number of aromatic nitrogens is 5. The van der Waals surface area contributed by atoms with Crippen LogP contribution >= 0.6 is 11.3 Å². The molecule has 8 heteroatoms. The SMILES string of the molecule is Cc1ccnc(Nc2nc3c(s2)CNCc2[nH]ncc2-3)n1. The number of fused-ring (bicyclic) bond motifs is 3. The van der Waals surface area contributed by atoms with Crippen molar-refractivity contribution in [2.75, 3.05) is 5.32 Å². The third-order valence-electron chi connectivity index (χ3n) is 3.27. The van der Waals surface area contributed by atoms with Crippen LogP contribution in [0.1, 0.15) is 16.3 Å². The number of aryl methyl sites for hydroxylation is 1. The van der Waals surface area contributed by atoms with E-state index in [0.29, 0.717) is 5.95 Å². The van der Waals surface area contributed by atoms with Gasteiger partial charge in [0.25, 0.3) is 0 Å². The minimum absolute atomic E-state index is 0.569. The van der Waals surface area contributed by atoms with Crippen molar-refractivity contribution >= 4 is 22.4 Å². The maximum atomic E-state index is 4.68. The molecule has 4 heterocycles. The van der Waals surface area contributed by atoms with E-state index in [1.54, 1.807) is 17.5 Å². The van der Waals surface area contributed by atoms with E-state index in [2.05, 4.69) is 35.8 Å². The normalized spacial score (nSPS) is 13.4. The summed E-state index contributed by atoms with van der Waals surface area (Å²) in [5.41, 5.74) is 4.02. The van der Waals surface area contributed by atoms with Gasteiger partial charge in [-0.05, 0) is 13.0 Å². The van der Waals surface area contributed by atoms with Gasteiger partial charge in [-0.1, -0.05) is 11.3 Å². The van der Waals surface area contributed by atoms with Crippen molar-refractivity contribution in [2.45, 2.75) is 20.0 Å². The molecular weight excluding hydrogens is 286 g/mol. The highest BCUT2D eigenvalue weighted by molar-refractivity contribution is 7.16. The van der Waals surface area contributed by atoms with E-state index in [9.17, 15) is 0 Å². The lowest BCUT2D eigenvalue weighted by atomic mass is 10.2. The first kappa shape index (κ1) is 12.4. The summed E-state index contributed by atoms with van der Waals surface area (Å²) in [6.07, 6.45) is 3.56. The molecule has 7 nitrogen and oxygen atoms in total. The predicted molar refractivity (Wildman–Crippen MR) is 80.3 cm³/mol. The topological polar surface area (TPSA) is 91.4 Å². The van der Waals surface area contributed by atoms with E-state index in [1.807, 2.05) is 19.2 Å². The molecule has 21 heavy (non-hydrogen) atoms. The molecule has 0 fully saturated rings.